The maximum atomic E-state index is 13.1. The Morgan fingerprint density at radius 1 is 1.06 bits per heavy atom. The van der Waals surface area contributed by atoms with Crippen LogP contribution in [0.15, 0.2) is 23.1 Å². The summed E-state index contributed by atoms with van der Waals surface area (Å²) >= 11 is 0. The second-order valence-corrected chi connectivity index (χ2v) is 12.6. The van der Waals surface area contributed by atoms with Gasteiger partial charge in [0.15, 0.2) is 0 Å². The molecule has 5 fully saturated rings. The van der Waals surface area contributed by atoms with E-state index in [1.54, 1.807) is 29.6 Å². The minimum atomic E-state index is -3.51. The van der Waals surface area contributed by atoms with Crippen molar-refractivity contribution in [3.63, 3.8) is 0 Å². The molecule has 0 atom stereocenters. The van der Waals surface area contributed by atoms with Crippen LogP contribution < -0.4 is 10.1 Å². The van der Waals surface area contributed by atoms with Crippen LogP contribution in [0.4, 0.5) is 0 Å². The van der Waals surface area contributed by atoms with Crippen LogP contribution in [-0.4, -0.2) is 44.4 Å². The summed E-state index contributed by atoms with van der Waals surface area (Å²) in [5, 5.41) is 3.42. The lowest BCUT2D eigenvalue weighted by molar-refractivity contribution is -0.126. The first-order valence-corrected chi connectivity index (χ1v) is 13.8. The lowest BCUT2D eigenvalue weighted by Gasteiger charge is -2.56. The number of hydrogen-bond acceptors (Lipinski definition) is 4. The Morgan fingerprint density at radius 3 is 2.28 bits per heavy atom. The monoisotopic (exact) mass is 460 g/mol. The van der Waals surface area contributed by atoms with Gasteiger partial charge in [-0.15, -0.1) is 0 Å². The maximum Gasteiger partial charge on any atom is 0.243 e. The maximum absolute atomic E-state index is 13.1. The van der Waals surface area contributed by atoms with Crippen LogP contribution in [0, 0.1) is 17.8 Å². The molecule has 32 heavy (non-hydrogen) atoms. The Morgan fingerprint density at radius 2 is 1.69 bits per heavy atom. The molecule has 6 rings (SSSR count). The highest BCUT2D eigenvalue weighted by Gasteiger charge is 2.51. The highest BCUT2D eigenvalue weighted by Crippen LogP contribution is 2.55. The molecule has 1 saturated heterocycles. The van der Waals surface area contributed by atoms with Gasteiger partial charge in [0.25, 0.3) is 0 Å². The van der Waals surface area contributed by atoms with Crippen molar-refractivity contribution in [3.8, 4) is 5.75 Å². The first-order valence-electron chi connectivity index (χ1n) is 12.3. The van der Waals surface area contributed by atoms with E-state index in [-0.39, 0.29) is 11.4 Å². The zero-order valence-corrected chi connectivity index (χ0v) is 20.0. The van der Waals surface area contributed by atoms with Gasteiger partial charge in [-0.2, -0.15) is 4.31 Å². The summed E-state index contributed by atoms with van der Waals surface area (Å²) < 4.78 is 33.3. The summed E-state index contributed by atoms with van der Waals surface area (Å²) in [4.78, 5) is 13.3. The van der Waals surface area contributed by atoms with E-state index in [1.807, 2.05) is 0 Å². The molecule has 0 unspecified atom stereocenters. The SMILES string of the molecule is COc1ccc(S(=O)(=O)N2CCCCC2)cc1CCC(=O)NC12CC3CC(CC(C3)C1)C2. The number of nitrogens with one attached hydrogen (secondary N) is 1. The molecule has 0 aromatic heterocycles. The first-order chi connectivity index (χ1) is 15.4. The third-order valence-electron chi connectivity index (χ3n) is 8.27. The molecule has 5 aliphatic rings. The number of piperidine rings is 1. The molecule has 4 bridgehead atoms. The second kappa shape index (κ2) is 8.64. The first kappa shape index (κ1) is 22.2. The number of hydrogen-bond donors (Lipinski definition) is 1. The van der Waals surface area contributed by atoms with Crippen molar-refractivity contribution in [2.45, 2.75) is 81.1 Å². The van der Waals surface area contributed by atoms with Gasteiger partial charge in [-0.05, 0) is 99.3 Å². The Balaban J connectivity index is 1.26. The van der Waals surface area contributed by atoms with Gasteiger partial charge in [-0.1, -0.05) is 6.42 Å². The highest BCUT2D eigenvalue weighted by atomic mass is 32.2. The number of carbonyl (C=O) groups excluding carboxylic acids is 1. The molecular formula is C25H36N2O4S. The van der Waals surface area contributed by atoms with Crippen molar-refractivity contribution in [2.24, 2.45) is 17.8 Å². The number of amides is 1. The molecule has 1 aromatic carbocycles. The van der Waals surface area contributed by atoms with E-state index in [2.05, 4.69) is 5.32 Å². The van der Waals surface area contributed by atoms with Crippen LogP contribution in [0.25, 0.3) is 0 Å². The van der Waals surface area contributed by atoms with Crippen molar-refractivity contribution < 1.29 is 17.9 Å². The van der Waals surface area contributed by atoms with Crippen molar-refractivity contribution in [1.29, 1.82) is 0 Å². The molecule has 4 saturated carbocycles. The summed E-state index contributed by atoms with van der Waals surface area (Å²) in [6.07, 6.45) is 11.2. The van der Waals surface area contributed by atoms with Crippen molar-refractivity contribution >= 4 is 15.9 Å². The molecule has 4 aliphatic carbocycles. The Hall–Kier alpha value is -1.60. The number of sulfonamides is 1. The number of benzene rings is 1. The van der Waals surface area contributed by atoms with Crippen LogP contribution in [-0.2, 0) is 21.2 Å². The molecule has 6 nitrogen and oxygen atoms in total. The molecule has 1 amide bonds. The normalized spacial score (nSPS) is 32.1. The van der Waals surface area contributed by atoms with Crippen LogP contribution in [0.1, 0.15) is 69.8 Å². The number of rotatable bonds is 7. The second-order valence-electron chi connectivity index (χ2n) is 10.7. The molecular weight excluding hydrogens is 424 g/mol. The number of nitrogens with zero attached hydrogens (tertiary/aromatic N) is 1. The van der Waals surface area contributed by atoms with E-state index in [4.69, 9.17) is 4.74 Å². The van der Waals surface area contributed by atoms with Crippen LogP contribution in [0.2, 0.25) is 0 Å². The third-order valence-corrected chi connectivity index (χ3v) is 10.2. The van der Waals surface area contributed by atoms with E-state index < -0.39 is 10.0 Å². The zero-order chi connectivity index (χ0) is 22.3. The highest BCUT2D eigenvalue weighted by molar-refractivity contribution is 7.89. The van der Waals surface area contributed by atoms with Gasteiger partial charge in [0.05, 0.1) is 12.0 Å². The third kappa shape index (κ3) is 4.30. The predicted octanol–water partition coefficient (Wildman–Crippen LogP) is 3.89. The van der Waals surface area contributed by atoms with E-state index >= 15 is 0 Å². The average molecular weight is 461 g/mol. The van der Waals surface area contributed by atoms with Crippen LogP contribution in [0.5, 0.6) is 5.75 Å². The summed E-state index contributed by atoms with van der Waals surface area (Å²) in [7, 11) is -1.92. The fourth-order valence-electron chi connectivity index (χ4n) is 7.24. The predicted molar refractivity (Wildman–Crippen MR) is 123 cm³/mol. The van der Waals surface area contributed by atoms with Crippen molar-refractivity contribution in [2.75, 3.05) is 20.2 Å². The van der Waals surface area contributed by atoms with Gasteiger partial charge in [0.2, 0.25) is 15.9 Å². The van der Waals surface area contributed by atoms with Gasteiger partial charge in [0, 0.05) is 25.0 Å². The molecule has 1 aromatic rings. The Labute approximate surface area is 192 Å². The quantitative estimate of drug-likeness (QED) is 0.670. The van der Waals surface area contributed by atoms with E-state index in [0.29, 0.717) is 36.6 Å². The van der Waals surface area contributed by atoms with Gasteiger partial charge >= 0.3 is 0 Å². The fraction of sp³-hybridized carbons (Fsp3) is 0.720. The average Bonchev–Trinajstić information content (AvgIpc) is 2.77. The van der Waals surface area contributed by atoms with E-state index in [0.717, 1.165) is 61.8 Å². The lowest BCUT2D eigenvalue weighted by atomic mass is 9.53. The summed E-state index contributed by atoms with van der Waals surface area (Å²) in [6.45, 7) is 1.16. The molecule has 1 N–H and O–H groups in total. The van der Waals surface area contributed by atoms with Gasteiger partial charge < -0.3 is 10.1 Å². The van der Waals surface area contributed by atoms with Gasteiger partial charge in [-0.25, -0.2) is 8.42 Å². The van der Waals surface area contributed by atoms with Crippen molar-refractivity contribution in [3.05, 3.63) is 23.8 Å². The smallest absolute Gasteiger partial charge is 0.243 e. The van der Waals surface area contributed by atoms with Crippen LogP contribution >= 0.6 is 0 Å². The minimum absolute atomic E-state index is 0.00929. The molecule has 7 heteroatoms. The van der Waals surface area contributed by atoms with Gasteiger partial charge in [-0.3, -0.25) is 4.79 Å². The number of aryl methyl sites for hydroxylation is 1. The largest absolute Gasteiger partial charge is 0.496 e. The molecule has 176 valence electrons. The van der Waals surface area contributed by atoms with E-state index in [1.165, 1.54) is 19.3 Å². The summed E-state index contributed by atoms with van der Waals surface area (Å²) in [5.41, 5.74) is 0.793. The topological polar surface area (TPSA) is 75.7 Å². The lowest BCUT2D eigenvalue weighted by Crippen LogP contribution is -2.59. The van der Waals surface area contributed by atoms with Gasteiger partial charge in [0.1, 0.15) is 5.75 Å². The molecule has 0 spiro atoms. The number of carbonyl (C=O) groups is 1. The number of ether oxygens (including phenoxy) is 1. The fourth-order valence-corrected chi connectivity index (χ4v) is 8.80. The summed E-state index contributed by atoms with van der Waals surface area (Å²) in [5.74, 6) is 3.10. The molecule has 0 radical (unpaired) electrons. The minimum Gasteiger partial charge on any atom is -0.496 e. The summed E-state index contributed by atoms with van der Waals surface area (Å²) in [6, 6.07) is 5.06. The Bertz CT molecular complexity index is 933. The Kier molecular flexibility index (Phi) is 5.99. The van der Waals surface area contributed by atoms with E-state index in [9.17, 15) is 13.2 Å². The van der Waals surface area contributed by atoms with Crippen LogP contribution in [0.3, 0.4) is 0 Å². The molecule has 1 aliphatic heterocycles. The standard InChI is InChI=1S/C25H36N2O4S/c1-31-23-7-6-22(32(29,30)27-9-3-2-4-10-27)14-21(23)5-8-24(28)26-25-15-18-11-19(16-25)13-20(12-18)17-25/h6-7,14,18-20H,2-5,8-13,15-17H2,1H3,(H,26,28). The zero-order valence-electron chi connectivity index (χ0n) is 19.1. The van der Waals surface area contributed by atoms with Crippen molar-refractivity contribution in [1.82, 2.24) is 9.62 Å². The number of methoxy groups -OCH3 is 1. The molecule has 1 heterocycles.